The first kappa shape index (κ1) is 18.8. The molecule has 0 aromatic heterocycles. The van der Waals surface area contributed by atoms with Crippen molar-refractivity contribution in [1.29, 1.82) is 0 Å². The van der Waals surface area contributed by atoms with Gasteiger partial charge in [-0.05, 0) is 52.4 Å². The van der Waals surface area contributed by atoms with Crippen LogP contribution in [-0.2, 0) is 9.53 Å². The van der Waals surface area contributed by atoms with Crippen molar-refractivity contribution >= 4 is 17.7 Å². The number of hydrogen-bond acceptors (Lipinski definition) is 4. The van der Waals surface area contributed by atoms with Gasteiger partial charge in [-0.1, -0.05) is 20.8 Å². The molecule has 1 N–H and O–H groups in total. The fraction of sp³-hybridized carbons (Fsp3) is 0.941. The van der Waals surface area contributed by atoms with E-state index in [0.29, 0.717) is 29.1 Å². The van der Waals surface area contributed by atoms with Crippen LogP contribution in [0, 0.1) is 5.92 Å². The summed E-state index contributed by atoms with van der Waals surface area (Å²) >= 11 is 2.05. The van der Waals surface area contributed by atoms with Crippen molar-refractivity contribution in [2.45, 2.75) is 89.3 Å². The fourth-order valence-corrected chi connectivity index (χ4v) is 4.60. The molecule has 0 spiro atoms. The molecule has 0 aliphatic heterocycles. The van der Waals surface area contributed by atoms with Crippen LogP contribution in [0.1, 0.15) is 67.2 Å². The summed E-state index contributed by atoms with van der Waals surface area (Å²) in [5, 5.41) is 4.70. The van der Waals surface area contributed by atoms with Crippen molar-refractivity contribution < 1.29 is 9.53 Å². The van der Waals surface area contributed by atoms with E-state index in [0.717, 1.165) is 19.3 Å². The second-order valence-corrected chi connectivity index (χ2v) is 8.59. The lowest BCUT2D eigenvalue weighted by Crippen LogP contribution is -2.58. The van der Waals surface area contributed by atoms with Gasteiger partial charge in [-0.3, -0.25) is 10.1 Å². The first-order valence-electron chi connectivity index (χ1n) is 8.41. The maximum absolute atomic E-state index is 12.5. The highest BCUT2D eigenvalue weighted by Gasteiger charge is 2.44. The lowest BCUT2D eigenvalue weighted by atomic mass is 9.80. The van der Waals surface area contributed by atoms with Gasteiger partial charge in [0.15, 0.2) is 0 Å². The van der Waals surface area contributed by atoms with E-state index in [9.17, 15) is 4.79 Å². The Bertz CT molecular complexity index is 333. The van der Waals surface area contributed by atoms with Gasteiger partial charge in [-0.2, -0.15) is 11.8 Å². The number of rotatable bonds is 7. The third-order valence-electron chi connectivity index (χ3n) is 4.28. The van der Waals surface area contributed by atoms with Gasteiger partial charge in [0.1, 0.15) is 5.54 Å². The SMILES string of the molecule is CCOC(=O)C1(NC(C)C)CCCC(SC(C)C(C)C)C1. The Kier molecular flexibility index (Phi) is 7.55. The topological polar surface area (TPSA) is 38.3 Å². The minimum Gasteiger partial charge on any atom is -0.465 e. The van der Waals surface area contributed by atoms with Gasteiger partial charge in [0.05, 0.1) is 6.61 Å². The molecule has 0 aromatic carbocycles. The molecule has 0 heterocycles. The maximum atomic E-state index is 12.5. The molecule has 1 aliphatic carbocycles. The standard InChI is InChI=1S/C17H33NO2S/c1-7-20-16(19)17(18-13(4)5)10-8-9-15(11-17)21-14(6)12(2)3/h12-15,18H,7-11H2,1-6H3. The Balaban J connectivity index is 2.80. The Morgan fingerprint density at radius 2 is 2.00 bits per heavy atom. The minimum atomic E-state index is -0.475. The normalized spacial score (nSPS) is 27.9. The van der Waals surface area contributed by atoms with E-state index < -0.39 is 5.54 Å². The molecular formula is C17H33NO2S. The smallest absolute Gasteiger partial charge is 0.326 e. The number of thioether (sulfide) groups is 1. The molecule has 0 bridgehead atoms. The highest BCUT2D eigenvalue weighted by atomic mass is 32.2. The Labute approximate surface area is 135 Å². The summed E-state index contributed by atoms with van der Waals surface area (Å²) in [6.45, 7) is 13.4. The van der Waals surface area contributed by atoms with Crippen molar-refractivity contribution in [2.24, 2.45) is 5.92 Å². The van der Waals surface area contributed by atoms with Crippen molar-refractivity contribution in [2.75, 3.05) is 6.61 Å². The molecule has 0 amide bonds. The summed E-state index contributed by atoms with van der Waals surface area (Å²) in [5.74, 6) is 0.619. The summed E-state index contributed by atoms with van der Waals surface area (Å²) in [7, 11) is 0. The van der Waals surface area contributed by atoms with E-state index in [2.05, 4.69) is 39.9 Å². The van der Waals surface area contributed by atoms with Crippen LogP contribution in [0.4, 0.5) is 0 Å². The molecule has 1 saturated carbocycles. The van der Waals surface area contributed by atoms with Crippen LogP contribution in [0.5, 0.6) is 0 Å². The number of carbonyl (C=O) groups excluding carboxylic acids is 1. The van der Waals surface area contributed by atoms with Gasteiger partial charge >= 0.3 is 5.97 Å². The van der Waals surface area contributed by atoms with E-state index >= 15 is 0 Å². The maximum Gasteiger partial charge on any atom is 0.326 e. The van der Waals surface area contributed by atoms with Gasteiger partial charge in [0, 0.05) is 16.5 Å². The zero-order valence-electron chi connectivity index (χ0n) is 14.6. The Hall–Kier alpha value is -0.220. The van der Waals surface area contributed by atoms with Crippen molar-refractivity contribution in [3.8, 4) is 0 Å². The summed E-state index contributed by atoms with van der Waals surface area (Å²) in [6.07, 6.45) is 4.10. The number of ether oxygens (including phenoxy) is 1. The Morgan fingerprint density at radius 1 is 1.33 bits per heavy atom. The van der Waals surface area contributed by atoms with E-state index in [1.54, 1.807) is 0 Å². The second-order valence-electron chi connectivity index (χ2n) is 6.91. The molecule has 0 aromatic rings. The quantitative estimate of drug-likeness (QED) is 0.721. The van der Waals surface area contributed by atoms with Gasteiger partial charge in [-0.25, -0.2) is 0 Å². The fourth-order valence-electron chi connectivity index (χ4n) is 3.00. The zero-order valence-corrected chi connectivity index (χ0v) is 15.4. The molecule has 124 valence electrons. The monoisotopic (exact) mass is 315 g/mol. The first-order valence-corrected chi connectivity index (χ1v) is 9.35. The van der Waals surface area contributed by atoms with Crippen molar-refractivity contribution in [3.05, 3.63) is 0 Å². The van der Waals surface area contributed by atoms with Crippen LogP contribution in [0.15, 0.2) is 0 Å². The number of esters is 1. The molecule has 1 aliphatic rings. The lowest BCUT2D eigenvalue weighted by Gasteiger charge is -2.41. The highest BCUT2D eigenvalue weighted by molar-refractivity contribution is 8.00. The van der Waals surface area contributed by atoms with E-state index in [1.165, 1.54) is 6.42 Å². The average molecular weight is 316 g/mol. The van der Waals surface area contributed by atoms with Crippen LogP contribution in [-0.4, -0.2) is 34.7 Å². The van der Waals surface area contributed by atoms with Crippen LogP contribution in [0.2, 0.25) is 0 Å². The first-order chi connectivity index (χ1) is 9.80. The minimum absolute atomic E-state index is 0.0544. The summed E-state index contributed by atoms with van der Waals surface area (Å²) in [5.41, 5.74) is -0.475. The molecule has 3 nitrogen and oxygen atoms in total. The van der Waals surface area contributed by atoms with Gasteiger partial charge < -0.3 is 4.74 Å². The van der Waals surface area contributed by atoms with Gasteiger partial charge in [0.2, 0.25) is 0 Å². The third kappa shape index (κ3) is 5.48. The summed E-state index contributed by atoms with van der Waals surface area (Å²) in [4.78, 5) is 12.5. The third-order valence-corrected chi connectivity index (χ3v) is 6.04. The predicted molar refractivity (Wildman–Crippen MR) is 91.8 cm³/mol. The van der Waals surface area contributed by atoms with Crippen LogP contribution >= 0.6 is 11.8 Å². The van der Waals surface area contributed by atoms with E-state index in [4.69, 9.17) is 4.74 Å². The van der Waals surface area contributed by atoms with Crippen LogP contribution in [0.3, 0.4) is 0 Å². The molecule has 3 unspecified atom stereocenters. The van der Waals surface area contributed by atoms with Gasteiger partial charge in [0.25, 0.3) is 0 Å². The molecule has 3 atom stereocenters. The molecule has 0 radical (unpaired) electrons. The van der Waals surface area contributed by atoms with Gasteiger partial charge in [-0.15, -0.1) is 0 Å². The van der Waals surface area contributed by atoms with E-state index in [1.807, 2.05) is 18.7 Å². The van der Waals surface area contributed by atoms with E-state index in [-0.39, 0.29) is 5.97 Å². The average Bonchev–Trinajstić information content (AvgIpc) is 2.38. The van der Waals surface area contributed by atoms with Crippen LogP contribution < -0.4 is 5.32 Å². The van der Waals surface area contributed by atoms with Crippen molar-refractivity contribution in [3.63, 3.8) is 0 Å². The predicted octanol–water partition coefficient (Wildman–Crippen LogP) is 4.01. The lowest BCUT2D eigenvalue weighted by molar-refractivity contribution is -0.153. The highest BCUT2D eigenvalue weighted by Crippen LogP contribution is 2.39. The molecule has 1 fully saturated rings. The largest absolute Gasteiger partial charge is 0.465 e. The molecule has 1 rings (SSSR count). The van der Waals surface area contributed by atoms with Crippen molar-refractivity contribution in [1.82, 2.24) is 5.32 Å². The zero-order chi connectivity index (χ0) is 16.0. The molecule has 0 saturated heterocycles. The van der Waals surface area contributed by atoms with Crippen LogP contribution in [0.25, 0.3) is 0 Å². The Morgan fingerprint density at radius 3 is 2.52 bits per heavy atom. The summed E-state index contributed by atoms with van der Waals surface area (Å²) < 4.78 is 5.38. The molecule has 4 heteroatoms. The number of hydrogen-bond donors (Lipinski definition) is 1. The number of carbonyl (C=O) groups is 1. The molecular weight excluding hydrogens is 282 g/mol. The second kappa shape index (κ2) is 8.42. The number of nitrogens with one attached hydrogen (secondary N) is 1. The molecule has 21 heavy (non-hydrogen) atoms. The summed E-state index contributed by atoms with van der Waals surface area (Å²) in [6, 6.07) is 0.292.